The van der Waals surface area contributed by atoms with Crippen molar-refractivity contribution >= 4 is 23.3 Å². The Labute approximate surface area is 134 Å². The number of para-hydroxylation sites is 1. The van der Waals surface area contributed by atoms with Crippen LogP contribution in [0.1, 0.15) is 12.5 Å². The Morgan fingerprint density at radius 1 is 1.00 bits per heavy atom. The fraction of sp³-hybridized carbons (Fsp3) is 0.176. The fourth-order valence-corrected chi connectivity index (χ4v) is 2.08. The van der Waals surface area contributed by atoms with Gasteiger partial charge in [0, 0.05) is 30.4 Å². The molecule has 3 amide bonds. The Morgan fingerprint density at radius 2 is 1.70 bits per heavy atom. The summed E-state index contributed by atoms with van der Waals surface area (Å²) in [6.07, 6.45) is 0. The monoisotopic (exact) mass is 313 g/mol. The van der Waals surface area contributed by atoms with Crippen molar-refractivity contribution in [2.75, 3.05) is 17.7 Å². The molecule has 0 aliphatic carbocycles. The van der Waals surface area contributed by atoms with Gasteiger partial charge in [-0.3, -0.25) is 4.79 Å². The van der Waals surface area contributed by atoms with Crippen LogP contribution in [0, 0.1) is 0 Å². The summed E-state index contributed by atoms with van der Waals surface area (Å²) in [5, 5.41) is 8.15. The van der Waals surface area contributed by atoms with Crippen LogP contribution >= 0.6 is 0 Å². The van der Waals surface area contributed by atoms with Crippen molar-refractivity contribution < 1.29 is 14.3 Å². The molecule has 2 aromatic carbocycles. The summed E-state index contributed by atoms with van der Waals surface area (Å²) in [5.41, 5.74) is 2.10. The lowest BCUT2D eigenvalue weighted by Gasteiger charge is -2.11. The number of hydrogen-bond donors (Lipinski definition) is 3. The molecule has 0 radical (unpaired) electrons. The van der Waals surface area contributed by atoms with Crippen molar-refractivity contribution in [3.8, 4) is 5.75 Å². The van der Waals surface area contributed by atoms with Gasteiger partial charge < -0.3 is 20.7 Å². The summed E-state index contributed by atoms with van der Waals surface area (Å²) in [7, 11) is 1.59. The molecule has 120 valence electrons. The molecule has 6 nitrogen and oxygen atoms in total. The van der Waals surface area contributed by atoms with Gasteiger partial charge in [-0.05, 0) is 24.3 Å². The van der Waals surface area contributed by atoms with Gasteiger partial charge in [0.05, 0.1) is 7.11 Å². The topological polar surface area (TPSA) is 79.5 Å². The number of hydrogen-bond acceptors (Lipinski definition) is 3. The summed E-state index contributed by atoms with van der Waals surface area (Å²) in [6.45, 7) is 1.78. The van der Waals surface area contributed by atoms with Gasteiger partial charge in [-0.1, -0.05) is 24.3 Å². The molecule has 0 unspecified atom stereocenters. The molecule has 0 saturated carbocycles. The van der Waals surface area contributed by atoms with Crippen molar-refractivity contribution in [2.24, 2.45) is 0 Å². The van der Waals surface area contributed by atoms with Crippen molar-refractivity contribution in [1.29, 1.82) is 0 Å². The van der Waals surface area contributed by atoms with E-state index in [2.05, 4.69) is 16.0 Å². The van der Waals surface area contributed by atoms with E-state index in [0.29, 0.717) is 17.9 Å². The van der Waals surface area contributed by atoms with Crippen LogP contribution in [0.5, 0.6) is 5.75 Å². The second-order valence-electron chi connectivity index (χ2n) is 4.88. The van der Waals surface area contributed by atoms with Crippen LogP contribution in [-0.4, -0.2) is 19.0 Å². The van der Waals surface area contributed by atoms with Crippen LogP contribution < -0.4 is 20.7 Å². The summed E-state index contributed by atoms with van der Waals surface area (Å²) >= 11 is 0. The summed E-state index contributed by atoms with van der Waals surface area (Å²) in [5.74, 6) is 0.559. The van der Waals surface area contributed by atoms with E-state index < -0.39 is 0 Å². The average molecular weight is 313 g/mol. The predicted octanol–water partition coefficient (Wildman–Crippen LogP) is 2.98. The van der Waals surface area contributed by atoms with Gasteiger partial charge >= 0.3 is 6.03 Å². The van der Waals surface area contributed by atoms with Crippen molar-refractivity contribution in [1.82, 2.24) is 5.32 Å². The summed E-state index contributed by atoms with van der Waals surface area (Å²) < 4.78 is 5.24. The number of benzene rings is 2. The molecule has 0 spiro atoms. The number of carbonyl (C=O) groups excluding carboxylic acids is 2. The minimum absolute atomic E-state index is 0.164. The van der Waals surface area contributed by atoms with Crippen molar-refractivity contribution in [3.63, 3.8) is 0 Å². The number of methoxy groups -OCH3 is 1. The number of urea groups is 1. The first-order chi connectivity index (χ1) is 11.1. The van der Waals surface area contributed by atoms with Gasteiger partial charge in [0.15, 0.2) is 0 Å². The van der Waals surface area contributed by atoms with Crippen LogP contribution in [0.15, 0.2) is 48.5 Å². The smallest absolute Gasteiger partial charge is 0.319 e. The van der Waals surface area contributed by atoms with E-state index in [9.17, 15) is 9.59 Å². The molecule has 0 saturated heterocycles. The molecular formula is C17H19N3O3. The number of carbonyl (C=O) groups is 2. The maximum atomic E-state index is 12.0. The minimum Gasteiger partial charge on any atom is -0.496 e. The molecular weight excluding hydrogens is 294 g/mol. The lowest BCUT2D eigenvalue weighted by molar-refractivity contribution is -0.114. The third kappa shape index (κ3) is 5.03. The molecule has 2 aromatic rings. The highest BCUT2D eigenvalue weighted by molar-refractivity contribution is 5.92. The minimum atomic E-state index is -0.337. The van der Waals surface area contributed by atoms with Gasteiger partial charge in [0.1, 0.15) is 5.75 Å². The van der Waals surface area contributed by atoms with E-state index in [1.807, 2.05) is 24.3 Å². The quantitative estimate of drug-likeness (QED) is 0.794. The highest BCUT2D eigenvalue weighted by atomic mass is 16.5. The standard InChI is InChI=1S/C17H19N3O3/c1-12(21)19-14-7-5-8-15(10-14)20-17(22)18-11-13-6-3-4-9-16(13)23-2/h3-10H,11H2,1-2H3,(H,19,21)(H2,18,20,22). The molecule has 0 aliphatic heterocycles. The largest absolute Gasteiger partial charge is 0.496 e. The molecule has 0 aromatic heterocycles. The van der Waals surface area contributed by atoms with E-state index in [0.717, 1.165) is 11.3 Å². The van der Waals surface area contributed by atoms with Crippen LogP contribution in [0.4, 0.5) is 16.2 Å². The molecule has 3 N–H and O–H groups in total. The van der Waals surface area contributed by atoms with E-state index in [1.165, 1.54) is 6.92 Å². The third-order valence-electron chi connectivity index (χ3n) is 3.07. The van der Waals surface area contributed by atoms with Gasteiger partial charge in [-0.2, -0.15) is 0 Å². The SMILES string of the molecule is COc1ccccc1CNC(=O)Nc1cccc(NC(C)=O)c1. The number of anilines is 2. The highest BCUT2D eigenvalue weighted by Crippen LogP contribution is 2.17. The summed E-state index contributed by atoms with van der Waals surface area (Å²) in [6, 6.07) is 14.1. The Bertz CT molecular complexity index is 701. The maximum Gasteiger partial charge on any atom is 0.319 e. The van der Waals surface area contributed by atoms with Crippen LogP contribution in [0.25, 0.3) is 0 Å². The van der Waals surface area contributed by atoms with E-state index in [4.69, 9.17) is 4.74 Å². The zero-order valence-electron chi connectivity index (χ0n) is 13.1. The number of amides is 3. The Kier molecular flexibility index (Phi) is 5.57. The second kappa shape index (κ2) is 7.84. The molecule has 0 aliphatic rings. The van der Waals surface area contributed by atoms with E-state index in [1.54, 1.807) is 31.4 Å². The van der Waals surface area contributed by atoms with Crippen LogP contribution in [0.3, 0.4) is 0 Å². The number of nitrogens with one attached hydrogen (secondary N) is 3. The first-order valence-electron chi connectivity index (χ1n) is 7.13. The normalized spacial score (nSPS) is 9.83. The summed E-state index contributed by atoms with van der Waals surface area (Å²) in [4.78, 5) is 23.0. The first kappa shape index (κ1) is 16.4. The Balaban J connectivity index is 1.93. The molecule has 0 atom stereocenters. The number of rotatable bonds is 5. The van der Waals surface area contributed by atoms with E-state index >= 15 is 0 Å². The van der Waals surface area contributed by atoms with Gasteiger partial charge in [-0.25, -0.2) is 4.79 Å². The van der Waals surface area contributed by atoms with Crippen LogP contribution in [-0.2, 0) is 11.3 Å². The van der Waals surface area contributed by atoms with Gasteiger partial charge in [0.25, 0.3) is 0 Å². The van der Waals surface area contributed by atoms with Gasteiger partial charge in [-0.15, -0.1) is 0 Å². The second-order valence-corrected chi connectivity index (χ2v) is 4.88. The predicted molar refractivity (Wildman–Crippen MR) is 89.6 cm³/mol. The molecule has 0 bridgehead atoms. The molecule has 2 rings (SSSR count). The zero-order valence-corrected chi connectivity index (χ0v) is 13.1. The lowest BCUT2D eigenvalue weighted by atomic mass is 10.2. The van der Waals surface area contributed by atoms with Gasteiger partial charge in [0.2, 0.25) is 5.91 Å². The zero-order chi connectivity index (χ0) is 16.7. The average Bonchev–Trinajstić information content (AvgIpc) is 2.53. The maximum absolute atomic E-state index is 12.0. The third-order valence-corrected chi connectivity index (χ3v) is 3.07. The molecule has 0 heterocycles. The molecule has 23 heavy (non-hydrogen) atoms. The van der Waals surface area contributed by atoms with Crippen LogP contribution in [0.2, 0.25) is 0 Å². The number of ether oxygens (including phenoxy) is 1. The van der Waals surface area contributed by atoms with Crippen molar-refractivity contribution in [3.05, 3.63) is 54.1 Å². The van der Waals surface area contributed by atoms with Crippen molar-refractivity contribution in [2.45, 2.75) is 13.5 Å². The highest BCUT2D eigenvalue weighted by Gasteiger charge is 2.06. The molecule has 6 heteroatoms. The van der Waals surface area contributed by atoms with E-state index in [-0.39, 0.29) is 11.9 Å². The molecule has 0 fully saturated rings. The Morgan fingerprint density at radius 3 is 2.39 bits per heavy atom. The first-order valence-corrected chi connectivity index (χ1v) is 7.13. The Hall–Kier alpha value is -3.02. The fourth-order valence-electron chi connectivity index (χ4n) is 2.08. The lowest BCUT2D eigenvalue weighted by Crippen LogP contribution is -2.28.